The van der Waals surface area contributed by atoms with E-state index in [1.807, 2.05) is 6.92 Å². The van der Waals surface area contributed by atoms with Gasteiger partial charge in [-0.05, 0) is 67.5 Å². The molecule has 0 saturated carbocycles. The molecule has 0 atom stereocenters. The molecule has 1 aliphatic heterocycles. The average molecular weight is 414 g/mol. The Labute approximate surface area is 177 Å². The van der Waals surface area contributed by atoms with E-state index in [2.05, 4.69) is 40.7 Å². The second kappa shape index (κ2) is 9.79. The van der Waals surface area contributed by atoms with E-state index >= 15 is 0 Å². The van der Waals surface area contributed by atoms with Crippen LogP contribution in [-0.2, 0) is 22.4 Å². The number of hydrogen-bond donors (Lipinski definition) is 2. The highest BCUT2D eigenvalue weighted by atomic mass is 35.5. The lowest BCUT2D eigenvalue weighted by Gasteiger charge is -2.31. The fourth-order valence-corrected chi connectivity index (χ4v) is 3.87. The zero-order valence-corrected chi connectivity index (χ0v) is 17.8. The summed E-state index contributed by atoms with van der Waals surface area (Å²) in [6, 6.07) is 11.7. The SMILES string of the molecule is CCCN1CCCc2cc(CCNC(=O)C(=O)Nc3cc(Cl)ccc3C)ccc21. The van der Waals surface area contributed by atoms with E-state index in [0.717, 1.165) is 31.5 Å². The second-order valence-electron chi connectivity index (χ2n) is 7.47. The predicted molar refractivity (Wildman–Crippen MR) is 119 cm³/mol. The van der Waals surface area contributed by atoms with Gasteiger partial charge >= 0.3 is 11.8 Å². The van der Waals surface area contributed by atoms with E-state index in [1.54, 1.807) is 18.2 Å². The van der Waals surface area contributed by atoms with E-state index in [1.165, 1.54) is 23.2 Å². The predicted octanol–water partition coefficient (Wildman–Crippen LogP) is 4.11. The first-order valence-electron chi connectivity index (χ1n) is 10.2. The van der Waals surface area contributed by atoms with Crippen LogP contribution in [0.3, 0.4) is 0 Å². The molecule has 2 aromatic rings. The lowest BCUT2D eigenvalue weighted by atomic mass is 9.98. The third kappa shape index (κ3) is 5.51. The van der Waals surface area contributed by atoms with Gasteiger partial charge in [-0.25, -0.2) is 0 Å². The number of aryl methyl sites for hydroxylation is 2. The van der Waals surface area contributed by atoms with Crippen molar-refractivity contribution in [1.29, 1.82) is 0 Å². The Morgan fingerprint density at radius 1 is 1.14 bits per heavy atom. The number of rotatable bonds is 6. The first kappa shape index (κ1) is 21.2. The number of nitrogens with one attached hydrogen (secondary N) is 2. The minimum Gasteiger partial charge on any atom is -0.371 e. The molecule has 29 heavy (non-hydrogen) atoms. The summed E-state index contributed by atoms with van der Waals surface area (Å²) in [4.78, 5) is 26.7. The highest BCUT2D eigenvalue weighted by Gasteiger charge is 2.17. The van der Waals surface area contributed by atoms with Crippen LogP contribution in [0, 0.1) is 6.92 Å². The fourth-order valence-electron chi connectivity index (χ4n) is 3.69. The second-order valence-corrected chi connectivity index (χ2v) is 7.91. The van der Waals surface area contributed by atoms with Crippen LogP contribution in [0.25, 0.3) is 0 Å². The van der Waals surface area contributed by atoms with Crippen molar-refractivity contribution < 1.29 is 9.59 Å². The molecule has 1 aliphatic rings. The van der Waals surface area contributed by atoms with Crippen LogP contribution < -0.4 is 15.5 Å². The molecule has 0 spiro atoms. The van der Waals surface area contributed by atoms with E-state index < -0.39 is 11.8 Å². The van der Waals surface area contributed by atoms with Gasteiger partial charge in [-0.1, -0.05) is 36.7 Å². The molecule has 6 heteroatoms. The maximum absolute atomic E-state index is 12.1. The summed E-state index contributed by atoms with van der Waals surface area (Å²) in [7, 11) is 0. The number of amides is 2. The lowest BCUT2D eigenvalue weighted by molar-refractivity contribution is -0.136. The van der Waals surface area contributed by atoms with Gasteiger partial charge in [-0.2, -0.15) is 0 Å². The summed E-state index contributed by atoms with van der Waals surface area (Å²) < 4.78 is 0. The fraction of sp³-hybridized carbons (Fsp3) is 0.391. The molecule has 0 bridgehead atoms. The minimum absolute atomic E-state index is 0.415. The van der Waals surface area contributed by atoms with Gasteiger partial charge in [-0.3, -0.25) is 9.59 Å². The summed E-state index contributed by atoms with van der Waals surface area (Å²) in [5.74, 6) is -1.33. The highest BCUT2D eigenvalue weighted by Crippen LogP contribution is 2.28. The van der Waals surface area contributed by atoms with Crippen LogP contribution in [0.2, 0.25) is 5.02 Å². The number of fused-ring (bicyclic) bond motifs is 1. The number of benzene rings is 2. The van der Waals surface area contributed by atoms with Gasteiger partial charge in [0, 0.05) is 36.0 Å². The summed E-state index contributed by atoms with van der Waals surface area (Å²) in [5, 5.41) is 5.83. The van der Waals surface area contributed by atoms with Gasteiger partial charge in [0.05, 0.1) is 0 Å². The van der Waals surface area contributed by atoms with Gasteiger partial charge < -0.3 is 15.5 Å². The number of carbonyl (C=O) groups excluding carboxylic acids is 2. The Bertz CT molecular complexity index is 898. The topological polar surface area (TPSA) is 61.4 Å². The van der Waals surface area contributed by atoms with Crippen LogP contribution in [0.4, 0.5) is 11.4 Å². The molecular weight excluding hydrogens is 386 g/mol. The molecule has 0 aliphatic carbocycles. The van der Waals surface area contributed by atoms with Crippen molar-refractivity contribution in [2.24, 2.45) is 0 Å². The molecular formula is C23H28ClN3O2. The largest absolute Gasteiger partial charge is 0.371 e. The monoisotopic (exact) mass is 413 g/mol. The molecule has 2 aromatic carbocycles. The standard InChI is InChI=1S/C23H28ClN3O2/c1-3-12-27-13-4-5-18-14-17(7-9-21(18)27)10-11-25-22(28)23(29)26-20-15-19(24)8-6-16(20)2/h6-9,14-15H,3-5,10-13H2,1-2H3,(H,25,28)(H,26,29). The first-order valence-corrected chi connectivity index (χ1v) is 10.6. The van der Waals surface area contributed by atoms with Crippen molar-refractivity contribution in [1.82, 2.24) is 5.32 Å². The molecule has 3 rings (SSSR count). The molecule has 1 heterocycles. The van der Waals surface area contributed by atoms with E-state index in [-0.39, 0.29) is 0 Å². The van der Waals surface area contributed by atoms with Gasteiger partial charge in [0.1, 0.15) is 0 Å². The van der Waals surface area contributed by atoms with Crippen molar-refractivity contribution in [3.63, 3.8) is 0 Å². The van der Waals surface area contributed by atoms with Crippen molar-refractivity contribution >= 4 is 34.8 Å². The van der Waals surface area contributed by atoms with Crippen LogP contribution in [0.15, 0.2) is 36.4 Å². The first-order chi connectivity index (χ1) is 14.0. The van der Waals surface area contributed by atoms with Crippen molar-refractivity contribution in [3.05, 3.63) is 58.1 Å². The molecule has 154 valence electrons. The van der Waals surface area contributed by atoms with E-state index in [4.69, 9.17) is 11.6 Å². The molecule has 0 aromatic heterocycles. The summed E-state index contributed by atoms with van der Waals surface area (Å²) in [6.45, 7) is 6.68. The third-order valence-electron chi connectivity index (χ3n) is 5.21. The normalized spacial score (nSPS) is 13.0. The number of carbonyl (C=O) groups is 2. The molecule has 0 saturated heterocycles. The Morgan fingerprint density at radius 2 is 1.97 bits per heavy atom. The Morgan fingerprint density at radius 3 is 2.76 bits per heavy atom. The van der Waals surface area contributed by atoms with Gasteiger partial charge in [0.25, 0.3) is 0 Å². The van der Waals surface area contributed by atoms with Crippen molar-refractivity contribution in [2.45, 2.75) is 39.5 Å². The maximum Gasteiger partial charge on any atom is 0.313 e. The maximum atomic E-state index is 12.1. The summed E-state index contributed by atoms with van der Waals surface area (Å²) in [5.41, 5.74) is 5.28. The van der Waals surface area contributed by atoms with Crippen LogP contribution in [-0.4, -0.2) is 31.4 Å². The van der Waals surface area contributed by atoms with Crippen molar-refractivity contribution in [3.8, 4) is 0 Å². The summed E-state index contributed by atoms with van der Waals surface area (Å²) in [6.07, 6.45) is 4.10. The zero-order chi connectivity index (χ0) is 20.8. The van der Waals surface area contributed by atoms with Crippen molar-refractivity contribution in [2.75, 3.05) is 29.9 Å². The molecule has 2 N–H and O–H groups in total. The number of hydrogen-bond acceptors (Lipinski definition) is 3. The van der Waals surface area contributed by atoms with E-state index in [0.29, 0.717) is 23.7 Å². The van der Waals surface area contributed by atoms with Gasteiger partial charge in [0.15, 0.2) is 0 Å². The Hall–Kier alpha value is -2.53. The zero-order valence-electron chi connectivity index (χ0n) is 17.1. The smallest absolute Gasteiger partial charge is 0.313 e. The van der Waals surface area contributed by atoms with Gasteiger partial charge in [0.2, 0.25) is 0 Å². The molecule has 0 radical (unpaired) electrons. The Balaban J connectivity index is 1.52. The third-order valence-corrected chi connectivity index (χ3v) is 5.44. The minimum atomic E-state index is -0.684. The average Bonchev–Trinajstić information content (AvgIpc) is 2.71. The Kier molecular flexibility index (Phi) is 7.15. The number of anilines is 2. The number of halogens is 1. The number of nitrogens with zero attached hydrogens (tertiary/aromatic N) is 1. The molecule has 0 unspecified atom stereocenters. The van der Waals surface area contributed by atoms with Crippen LogP contribution in [0.5, 0.6) is 0 Å². The van der Waals surface area contributed by atoms with E-state index in [9.17, 15) is 9.59 Å². The lowest BCUT2D eigenvalue weighted by Crippen LogP contribution is -2.36. The molecule has 0 fully saturated rings. The quantitative estimate of drug-likeness (QED) is 0.700. The summed E-state index contributed by atoms with van der Waals surface area (Å²) >= 11 is 5.95. The van der Waals surface area contributed by atoms with Crippen LogP contribution in [0.1, 0.15) is 36.5 Å². The molecule has 5 nitrogen and oxygen atoms in total. The van der Waals surface area contributed by atoms with Gasteiger partial charge in [-0.15, -0.1) is 0 Å². The highest BCUT2D eigenvalue weighted by molar-refractivity contribution is 6.40. The van der Waals surface area contributed by atoms with Crippen LogP contribution >= 0.6 is 11.6 Å². The molecule has 2 amide bonds.